The fourth-order valence-corrected chi connectivity index (χ4v) is 2.86. The van der Waals surface area contributed by atoms with Gasteiger partial charge in [-0.3, -0.25) is 0 Å². The highest BCUT2D eigenvalue weighted by molar-refractivity contribution is 5.65. The molecule has 2 rings (SSSR count). The summed E-state index contributed by atoms with van der Waals surface area (Å²) in [4.78, 5) is 7.10. The number of aliphatic hydroxyl groups is 1. The van der Waals surface area contributed by atoms with Crippen molar-refractivity contribution in [3.05, 3.63) is 29.2 Å². The Kier molecular flexibility index (Phi) is 5.63. The van der Waals surface area contributed by atoms with Crippen LogP contribution in [0.15, 0.2) is 17.8 Å². The van der Waals surface area contributed by atoms with Crippen LogP contribution in [0, 0.1) is 0 Å². The average molecular weight is 305 g/mol. The Morgan fingerprint density at radius 3 is 2.55 bits per heavy atom. The van der Waals surface area contributed by atoms with Crippen molar-refractivity contribution in [2.24, 2.45) is 11.6 Å². The molecule has 0 amide bonds. The van der Waals surface area contributed by atoms with E-state index in [0.29, 0.717) is 17.1 Å². The number of aromatic nitrogens is 1. The fourth-order valence-electron chi connectivity index (χ4n) is 2.86. The van der Waals surface area contributed by atoms with Gasteiger partial charge in [0.05, 0.1) is 35.1 Å². The zero-order valence-corrected chi connectivity index (χ0v) is 13.5. The third-order valence-electron chi connectivity index (χ3n) is 4.14. The van der Waals surface area contributed by atoms with Gasteiger partial charge in [-0.2, -0.15) is 0 Å². The quantitative estimate of drug-likeness (QED) is 0.556. The molecule has 1 aromatic heterocycles. The molecule has 0 spiro atoms. The van der Waals surface area contributed by atoms with Crippen molar-refractivity contribution in [3.63, 3.8) is 0 Å². The number of anilines is 1. The zero-order chi connectivity index (χ0) is 16.1. The molecule has 0 aliphatic carbocycles. The number of hydrogen-bond acceptors (Lipinski definition) is 6. The number of aliphatic hydroxyl groups excluding tert-OH is 1. The lowest BCUT2D eigenvalue weighted by Gasteiger charge is -2.30. The Morgan fingerprint density at radius 2 is 2.00 bits per heavy atom. The van der Waals surface area contributed by atoms with Crippen LogP contribution < -0.4 is 16.5 Å². The second-order valence-corrected chi connectivity index (χ2v) is 5.69. The van der Waals surface area contributed by atoms with Crippen molar-refractivity contribution in [1.82, 2.24) is 9.99 Å². The molecule has 22 heavy (non-hydrogen) atoms. The second-order valence-electron chi connectivity index (χ2n) is 5.69. The number of hydrogen-bond donors (Lipinski definition) is 3. The Morgan fingerprint density at radius 1 is 1.32 bits per heavy atom. The van der Waals surface area contributed by atoms with E-state index in [0.717, 1.165) is 25.2 Å². The Labute approximate surface area is 132 Å². The molecule has 5 N–H and O–H groups in total. The van der Waals surface area contributed by atoms with Crippen molar-refractivity contribution in [2.45, 2.75) is 32.6 Å². The molecule has 1 saturated heterocycles. The van der Waals surface area contributed by atoms with Gasteiger partial charge in [0, 0.05) is 20.1 Å². The SMILES string of the molecule is CCc1nc(/C(N)=C(\CO)N(C)N)ccc1N1CCCCC1. The van der Waals surface area contributed by atoms with Crippen molar-refractivity contribution in [3.8, 4) is 0 Å². The molecular weight excluding hydrogens is 278 g/mol. The van der Waals surface area contributed by atoms with Gasteiger partial charge in [-0.25, -0.2) is 10.8 Å². The molecule has 1 aliphatic rings. The van der Waals surface area contributed by atoms with E-state index in [-0.39, 0.29) is 6.61 Å². The van der Waals surface area contributed by atoms with Crippen molar-refractivity contribution in [1.29, 1.82) is 0 Å². The third-order valence-corrected chi connectivity index (χ3v) is 4.14. The lowest BCUT2D eigenvalue weighted by Crippen LogP contribution is -2.31. The molecule has 0 radical (unpaired) electrons. The minimum atomic E-state index is -0.212. The smallest absolute Gasteiger partial charge is 0.0883 e. The van der Waals surface area contributed by atoms with Gasteiger partial charge < -0.3 is 20.7 Å². The summed E-state index contributed by atoms with van der Waals surface area (Å²) in [7, 11) is 1.65. The maximum atomic E-state index is 9.42. The fraction of sp³-hybridized carbons (Fsp3) is 0.562. The first-order chi connectivity index (χ1) is 10.6. The van der Waals surface area contributed by atoms with Gasteiger partial charge in [0.2, 0.25) is 0 Å². The first kappa shape index (κ1) is 16.6. The van der Waals surface area contributed by atoms with E-state index in [2.05, 4.69) is 17.9 Å². The Bertz CT molecular complexity index is 535. The van der Waals surface area contributed by atoms with Crippen LogP contribution in [-0.4, -0.2) is 41.8 Å². The molecular formula is C16H27N5O. The van der Waals surface area contributed by atoms with E-state index >= 15 is 0 Å². The van der Waals surface area contributed by atoms with Gasteiger partial charge >= 0.3 is 0 Å². The molecule has 1 aliphatic heterocycles. The number of nitrogens with two attached hydrogens (primary N) is 2. The van der Waals surface area contributed by atoms with E-state index in [1.807, 2.05) is 6.07 Å². The molecule has 6 nitrogen and oxygen atoms in total. The average Bonchev–Trinajstić information content (AvgIpc) is 2.55. The zero-order valence-electron chi connectivity index (χ0n) is 13.5. The monoisotopic (exact) mass is 305 g/mol. The summed E-state index contributed by atoms with van der Waals surface area (Å²) in [6, 6.07) is 4.00. The van der Waals surface area contributed by atoms with Gasteiger partial charge in [-0.05, 0) is 37.8 Å². The van der Waals surface area contributed by atoms with Gasteiger partial charge in [-0.1, -0.05) is 6.92 Å². The summed E-state index contributed by atoms with van der Waals surface area (Å²) in [6.45, 7) is 4.07. The van der Waals surface area contributed by atoms with Crippen molar-refractivity contribution in [2.75, 3.05) is 31.6 Å². The molecule has 0 saturated carbocycles. The first-order valence-electron chi connectivity index (χ1n) is 7.91. The van der Waals surface area contributed by atoms with Crippen LogP contribution in [0.2, 0.25) is 0 Å². The third kappa shape index (κ3) is 3.51. The molecule has 6 heteroatoms. The van der Waals surface area contributed by atoms with Crippen LogP contribution in [0.3, 0.4) is 0 Å². The molecule has 1 fully saturated rings. The highest BCUT2D eigenvalue weighted by atomic mass is 16.3. The number of rotatable bonds is 5. The summed E-state index contributed by atoms with van der Waals surface area (Å²) < 4.78 is 0. The Hall–Kier alpha value is -1.79. The van der Waals surface area contributed by atoms with Crippen LogP contribution in [0.25, 0.3) is 5.70 Å². The molecule has 2 heterocycles. The van der Waals surface area contributed by atoms with Gasteiger partial charge in [0.1, 0.15) is 0 Å². The number of pyridine rings is 1. The molecule has 122 valence electrons. The van der Waals surface area contributed by atoms with E-state index in [1.165, 1.54) is 30.0 Å². The van der Waals surface area contributed by atoms with Crippen LogP contribution in [-0.2, 0) is 6.42 Å². The molecule has 0 unspecified atom stereocenters. The van der Waals surface area contributed by atoms with Gasteiger partial charge in [0.15, 0.2) is 0 Å². The van der Waals surface area contributed by atoms with Gasteiger partial charge in [0.25, 0.3) is 0 Å². The molecule has 0 bridgehead atoms. The van der Waals surface area contributed by atoms with Gasteiger partial charge in [-0.15, -0.1) is 0 Å². The topological polar surface area (TPSA) is 91.6 Å². The minimum absolute atomic E-state index is 0.212. The number of hydrazine groups is 1. The molecule has 0 atom stereocenters. The summed E-state index contributed by atoms with van der Waals surface area (Å²) in [6.07, 6.45) is 4.63. The highest BCUT2D eigenvalue weighted by Crippen LogP contribution is 2.25. The first-order valence-corrected chi connectivity index (χ1v) is 7.91. The lowest BCUT2D eigenvalue weighted by atomic mass is 10.1. The normalized spacial score (nSPS) is 16.5. The number of aryl methyl sites for hydroxylation is 1. The summed E-state index contributed by atoms with van der Waals surface area (Å²) in [5.74, 6) is 5.70. The van der Waals surface area contributed by atoms with E-state index in [9.17, 15) is 5.11 Å². The predicted octanol–water partition coefficient (Wildman–Crippen LogP) is 1.06. The maximum absolute atomic E-state index is 9.42. The number of likely N-dealkylation sites (N-methyl/N-ethyl adjacent to an activating group) is 1. The summed E-state index contributed by atoms with van der Waals surface area (Å²) in [5.41, 5.74) is 9.93. The summed E-state index contributed by atoms with van der Waals surface area (Å²) >= 11 is 0. The highest BCUT2D eigenvalue weighted by Gasteiger charge is 2.17. The summed E-state index contributed by atoms with van der Waals surface area (Å²) in [5, 5.41) is 10.8. The van der Waals surface area contributed by atoms with Crippen LogP contribution in [0.4, 0.5) is 5.69 Å². The lowest BCUT2D eigenvalue weighted by molar-refractivity contribution is 0.278. The van der Waals surface area contributed by atoms with Crippen molar-refractivity contribution >= 4 is 11.4 Å². The minimum Gasteiger partial charge on any atom is -0.395 e. The number of nitrogens with zero attached hydrogens (tertiary/aromatic N) is 3. The van der Waals surface area contributed by atoms with E-state index < -0.39 is 0 Å². The van der Waals surface area contributed by atoms with E-state index in [4.69, 9.17) is 16.6 Å². The largest absolute Gasteiger partial charge is 0.395 e. The molecule has 0 aromatic carbocycles. The van der Waals surface area contributed by atoms with E-state index in [1.54, 1.807) is 7.05 Å². The van der Waals surface area contributed by atoms with Crippen molar-refractivity contribution < 1.29 is 5.11 Å². The standard InChI is InChI=1S/C16H27N5O/c1-3-12-14(21-9-5-4-6-10-21)8-7-13(19-12)16(17)15(11-22)20(2)18/h7-8,22H,3-6,9-11,17-18H2,1-2H3/b16-15-. The van der Waals surface area contributed by atoms with Crippen LogP contribution in [0.1, 0.15) is 37.6 Å². The van der Waals surface area contributed by atoms with Crippen LogP contribution in [0.5, 0.6) is 0 Å². The number of piperidine rings is 1. The maximum Gasteiger partial charge on any atom is 0.0883 e. The second kappa shape index (κ2) is 7.47. The Balaban J connectivity index is 2.36. The predicted molar refractivity (Wildman–Crippen MR) is 89.8 cm³/mol. The van der Waals surface area contributed by atoms with Crippen LogP contribution >= 0.6 is 0 Å². The molecule has 1 aromatic rings.